The van der Waals surface area contributed by atoms with Crippen LogP contribution >= 0.6 is 11.6 Å². The van der Waals surface area contributed by atoms with Gasteiger partial charge in [-0.1, -0.05) is 35.9 Å². The lowest BCUT2D eigenvalue weighted by atomic mass is 10.1. The zero-order valence-electron chi connectivity index (χ0n) is 13.3. The fourth-order valence-electron chi connectivity index (χ4n) is 2.87. The fraction of sp³-hybridized carbons (Fsp3) is 0.316. The van der Waals surface area contributed by atoms with Gasteiger partial charge in [0.05, 0.1) is 16.7 Å². The quantitative estimate of drug-likeness (QED) is 0.807. The van der Waals surface area contributed by atoms with Gasteiger partial charge in [0.2, 0.25) is 0 Å². The number of hydrogen-bond acceptors (Lipinski definition) is 2. The standard InChI is InChI=1S/C19H19ClFNO2/c20-18-6-2-1-5-17(18)19(23)22(13-16-4-3-11-24-16)12-14-7-9-15(21)10-8-14/h1-2,5-10,16H,3-4,11-13H2. The predicted octanol–water partition coefficient (Wildman–Crippen LogP) is 4.30. The molecule has 3 nitrogen and oxygen atoms in total. The van der Waals surface area contributed by atoms with Gasteiger partial charge in [0.25, 0.3) is 5.91 Å². The van der Waals surface area contributed by atoms with Crippen LogP contribution in [0.2, 0.25) is 5.02 Å². The molecule has 2 aromatic carbocycles. The summed E-state index contributed by atoms with van der Waals surface area (Å²) in [7, 11) is 0. The number of carbonyl (C=O) groups is 1. The SMILES string of the molecule is O=C(c1ccccc1Cl)N(Cc1ccc(F)cc1)CC1CCCO1. The van der Waals surface area contributed by atoms with Crippen molar-refractivity contribution in [1.82, 2.24) is 4.90 Å². The largest absolute Gasteiger partial charge is 0.376 e. The lowest BCUT2D eigenvalue weighted by Crippen LogP contribution is -2.37. The number of nitrogens with zero attached hydrogens (tertiary/aromatic N) is 1. The van der Waals surface area contributed by atoms with E-state index in [1.54, 1.807) is 41.3 Å². The van der Waals surface area contributed by atoms with Gasteiger partial charge in [-0.05, 0) is 42.7 Å². The highest BCUT2D eigenvalue weighted by molar-refractivity contribution is 6.33. The van der Waals surface area contributed by atoms with Crippen LogP contribution in [0.25, 0.3) is 0 Å². The fourth-order valence-corrected chi connectivity index (χ4v) is 3.09. The average molecular weight is 348 g/mol. The molecule has 1 amide bonds. The first kappa shape index (κ1) is 16.9. The summed E-state index contributed by atoms with van der Waals surface area (Å²) in [5.41, 5.74) is 1.34. The third-order valence-corrected chi connectivity index (χ3v) is 4.46. The van der Waals surface area contributed by atoms with Crippen LogP contribution in [0.1, 0.15) is 28.8 Å². The summed E-state index contributed by atoms with van der Waals surface area (Å²) in [6, 6.07) is 13.2. The van der Waals surface area contributed by atoms with Crippen molar-refractivity contribution in [2.24, 2.45) is 0 Å². The highest BCUT2D eigenvalue weighted by atomic mass is 35.5. The molecule has 126 valence electrons. The molecule has 24 heavy (non-hydrogen) atoms. The summed E-state index contributed by atoms with van der Waals surface area (Å²) in [5.74, 6) is -0.428. The molecule has 0 N–H and O–H groups in total. The molecule has 0 aliphatic carbocycles. The highest BCUT2D eigenvalue weighted by Crippen LogP contribution is 2.21. The Morgan fingerprint density at radius 3 is 2.62 bits per heavy atom. The lowest BCUT2D eigenvalue weighted by molar-refractivity contribution is 0.0507. The second-order valence-electron chi connectivity index (χ2n) is 5.93. The number of halogens is 2. The van der Waals surface area contributed by atoms with Gasteiger partial charge in [0.1, 0.15) is 5.82 Å². The minimum absolute atomic E-state index is 0.0388. The lowest BCUT2D eigenvalue weighted by Gasteiger charge is -2.26. The smallest absolute Gasteiger partial charge is 0.255 e. The van der Waals surface area contributed by atoms with Gasteiger partial charge < -0.3 is 9.64 Å². The normalized spacial score (nSPS) is 17.0. The van der Waals surface area contributed by atoms with Crippen LogP contribution in [0.5, 0.6) is 0 Å². The van der Waals surface area contributed by atoms with E-state index >= 15 is 0 Å². The van der Waals surface area contributed by atoms with Crippen molar-refractivity contribution in [3.05, 3.63) is 70.5 Å². The molecule has 1 aliphatic heterocycles. The van der Waals surface area contributed by atoms with E-state index in [-0.39, 0.29) is 17.8 Å². The Kier molecular flexibility index (Phi) is 5.48. The van der Waals surface area contributed by atoms with Crippen LogP contribution in [0, 0.1) is 5.82 Å². The number of hydrogen-bond donors (Lipinski definition) is 0. The summed E-state index contributed by atoms with van der Waals surface area (Å²) < 4.78 is 18.8. The Hall–Kier alpha value is -1.91. The molecule has 0 saturated carbocycles. The van der Waals surface area contributed by atoms with E-state index in [0.29, 0.717) is 23.7 Å². The average Bonchev–Trinajstić information content (AvgIpc) is 3.09. The summed E-state index contributed by atoms with van der Waals surface area (Å²) in [5, 5.41) is 0.430. The maximum absolute atomic E-state index is 13.1. The number of amides is 1. The number of benzene rings is 2. The molecule has 1 fully saturated rings. The molecule has 1 unspecified atom stereocenters. The maximum Gasteiger partial charge on any atom is 0.255 e. The van der Waals surface area contributed by atoms with E-state index in [0.717, 1.165) is 25.0 Å². The summed E-state index contributed by atoms with van der Waals surface area (Å²) in [4.78, 5) is 14.7. The number of carbonyl (C=O) groups excluding carboxylic acids is 1. The first-order valence-electron chi connectivity index (χ1n) is 8.03. The van der Waals surface area contributed by atoms with Gasteiger partial charge in [-0.15, -0.1) is 0 Å². The Balaban J connectivity index is 1.81. The molecule has 5 heteroatoms. The third-order valence-electron chi connectivity index (χ3n) is 4.13. The molecule has 1 aliphatic rings. The number of ether oxygens (including phenoxy) is 1. The molecule has 0 bridgehead atoms. The summed E-state index contributed by atoms with van der Waals surface area (Å²) in [6.07, 6.45) is 1.99. The Morgan fingerprint density at radius 1 is 1.21 bits per heavy atom. The van der Waals surface area contributed by atoms with Gasteiger partial charge >= 0.3 is 0 Å². The van der Waals surface area contributed by atoms with Crippen molar-refractivity contribution in [2.75, 3.05) is 13.2 Å². The van der Waals surface area contributed by atoms with Crippen LogP contribution in [-0.4, -0.2) is 30.1 Å². The van der Waals surface area contributed by atoms with Gasteiger partial charge in [0, 0.05) is 19.7 Å². The zero-order valence-corrected chi connectivity index (χ0v) is 14.0. The third kappa shape index (κ3) is 4.13. The van der Waals surface area contributed by atoms with Crippen LogP contribution in [0.3, 0.4) is 0 Å². The molecule has 1 heterocycles. The van der Waals surface area contributed by atoms with Crippen LogP contribution < -0.4 is 0 Å². The van der Waals surface area contributed by atoms with Gasteiger partial charge in [0.15, 0.2) is 0 Å². The molecule has 1 saturated heterocycles. The highest BCUT2D eigenvalue weighted by Gasteiger charge is 2.24. The van der Waals surface area contributed by atoms with E-state index < -0.39 is 0 Å². The Labute approximate surface area is 146 Å². The first-order valence-corrected chi connectivity index (χ1v) is 8.41. The summed E-state index contributed by atoms with van der Waals surface area (Å²) in [6.45, 7) is 1.63. The van der Waals surface area contributed by atoms with Gasteiger partial charge in [-0.3, -0.25) is 4.79 Å². The van der Waals surface area contributed by atoms with Crippen LogP contribution in [0.15, 0.2) is 48.5 Å². The molecule has 0 spiro atoms. The van der Waals surface area contributed by atoms with Crippen molar-refractivity contribution in [1.29, 1.82) is 0 Å². The predicted molar refractivity (Wildman–Crippen MR) is 91.6 cm³/mol. The molecular formula is C19H19ClFNO2. The van der Waals surface area contributed by atoms with E-state index in [4.69, 9.17) is 16.3 Å². The Morgan fingerprint density at radius 2 is 1.96 bits per heavy atom. The molecule has 1 atom stereocenters. The van der Waals surface area contributed by atoms with Crippen molar-refractivity contribution >= 4 is 17.5 Å². The van der Waals surface area contributed by atoms with Crippen LogP contribution in [-0.2, 0) is 11.3 Å². The molecule has 3 rings (SSSR count). The van der Waals surface area contributed by atoms with E-state index in [9.17, 15) is 9.18 Å². The minimum atomic E-state index is -0.290. The van der Waals surface area contributed by atoms with Gasteiger partial charge in [-0.2, -0.15) is 0 Å². The van der Waals surface area contributed by atoms with Crippen molar-refractivity contribution in [2.45, 2.75) is 25.5 Å². The minimum Gasteiger partial charge on any atom is -0.376 e. The molecule has 0 radical (unpaired) electrons. The maximum atomic E-state index is 13.1. The van der Waals surface area contributed by atoms with E-state index in [1.807, 2.05) is 0 Å². The molecule has 0 aromatic heterocycles. The van der Waals surface area contributed by atoms with E-state index in [1.165, 1.54) is 12.1 Å². The van der Waals surface area contributed by atoms with Crippen LogP contribution in [0.4, 0.5) is 4.39 Å². The second-order valence-corrected chi connectivity index (χ2v) is 6.33. The van der Waals surface area contributed by atoms with Gasteiger partial charge in [-0.25, -0.2) is 4.39 Å². The zero-order chi connectivity index (χ0) is 16.9. The topological polar surface area (TPSA) is 29.5 Å². The first-order chi connectivity index (χ1) is 11.6. The van der Waals surface area contributed by atoms with Crippen molar-refractivity contribution < 1.29 is 13.9 Å². The van der Waals surface area contributed by atoms with Crippen molar-refractivity contribution in [3.8, 4) is 0 Å². The molecular weight excluding hydrogens is 329 g/mol. The van der Waals surface area contributed by atoms with Crippen molar-refractivity contribution in [3.63, 3.8) is 0 Å². The number of rotatable bonds is 5. The van der Waals surface area contributed by atoms with E-state index in [2.05, 4.69) is 0 Å². The Bertz CT molecular complexity index is 699. The summed E-state index contributed by atoms with van der Waals surface area (Å²) >= 11 is 6.18. The molecule has 2 aromatic rings. The second kappa shape index (κ2) is 7.77. The monoisotopic (exact) mass is 347 g/mol.